The zero-order valence-electron chi connectivity index (χ0n) is 15.9. The molecule has 4 heteroatoms. The van der Waals surface area contributed by atoms with E-state index >= 15 is 0 Å². The minimum absolute atomic E-state index is 0.148. The molecule has 138 valence electrons. The number of hydrogen-bond acceptors (Lipinski definition) is 3. The molecule has 2 aliphatic rings. The summed E-state index contributed by atoms with van der Waals surface area (Å²) in [5.41, 5.74) is 1.30. The fourth-order valence-corrected chi connectivity index (χ4v) is 3.94. The monoisotopic (exact) mass is 344 g/mol. The van der Waals surface area contributed by atoms with E-state index in [9.17, 15) is 9.90 Å². The Morgan fingerprint density at radius 2 is 1.88 bits per heavy atom. The van der Waals surface area contributed by atoms with Crippen LogP contribution in [-0.2, 0) is 6.42 Å². The Morgan fingerprint density at radius 3 is 2.48 bits per heavy atom. The van der Waals surface area contributed by atoms with Crippen molar-refractivity contribution in [3.8, 4) is 0 Å². The van der Waals surface area contributed by atoms with E-state index in [0.717, 1.165) is 31.5 Å². The smallest absolute Gasteiger partial charge is 0.253 e. The number of hydrogen-bond donors (Lipinski definition) is 1. The fraction of sp³-hybridized carbons (Fsp3) is 0.667. The van der Waals surface area contributed by atoms with Crippen molar-refractivity contribution in [2.45, 2.75) is 70.6 Å². The second kappa shape index (κ2) is 7.46. The van der Waals surface area contributed by atoms with Crippen LogP contribution >= 0.6 is 0 Å². The third-order valence-electron chi connectivity index (χ3n) is 5.70. The van der Waals surface area contributed by atoms with Crippen molar-refractivity contribution >= 4 is 5.91 Å². The Kier molecular flexibility index (Phi) is 5.49. The van der Waals surface area contributed by atoms with Gasteiger partial charge in [0.05, 0.1) is 5.60 Å². The van der Waals surface area contributed by atoms with Gasteiger partial charge >= 0.3 is 0 Å². The maximum atomic E-state index is 12.6. The molecular formula is C21H32N2O2. The van der Waals surface area contributed by atoms with Crippen LogP contribution in [0.3, 0.4) is 0 Å². The van der Waals surface area contributed by atoms with Crippen molar-refractivity contribution in [3.63, 3.8) is 0 Å². The van der Waals surface area contributed by atoms with Gasteiger partial charge in [-0.15, -0.1) is 0 Å². The van der Waals surface area contributed by atoms with Crippen LogP contribution in [0.5, 0.6) is 0 Å². The Labute approximate surface area is 151 Å². The summed E-state index contributed by atoms with van der Waals surface area (Å²) in [6, 6.07) is 9.10. The molecule has 2 fully saturated rings. The number of aliphatic hydroxyl groups is 1. The van der Waals surface area contributed by atoms with Crippen molar-refractivity contribution in [3.05, 3.63) is 35.4 Å². The van der Waals surface area contributed by atoms with E-state index in [1.54, 1.807) is 0 Å². The molecule has 2 aliphatic heterocycles. The van der Waals surface area contributed by atoms with Crippen LogP contribution in [0.4, 0.5) is 0 Å². The SMILES string of the molecule is C[C@H]1CCCCN1C1CN(C(=O)c2ccc(CCC(C)(C)O)cc2)C1. The Hall–Kier alpha value is -1.39. The van der Waals surface area contributed by atoms with E-state index < -0.39 is 5.60 Å². The molecule has 4 nitrogen and oxygen atoms in total. The number of likely N-dealkylation sites (tertiary alicyclic amines) is 2. The highest BCUT2D eigenvalue weighted by Crippen LogP contribution is 2.25. The van der Waals surface area contributed by atoms with Crippen molar-refractivity contribution in [1.82, 2.24) is 9.80 Å². The third kappa shape index (κ3) is 4.62. The molecule has 0 spiro atoms. The molecule has 0 radical (unpaired) electrons. The van der Waals surface area contributed by atoms with E-state index in [2.05, 4.69) is 11.8 Å². The molecule has 25 heavy (non-hydrogen) atoms. The Balaban J connectivity index is 1.51. The summed E-state index contributed by atoms with van der Waals surface area (Å²) in [5.74, 6) is 0.148. The molecule has 1 amide bonds. The van der Waals surface area contributed by atoms with Crippen LogP contribution in [-0.4, -0.2) is 58.1 Å². The topological polar surface area (TPSA) is 43.8 Å². The lowest BCUT2D eigenvalue weighted by atomic mass is 9.96. The molecule has 3 rings (SSSR count). The number of piperidine rings is 1. The first kappa shape index (κ1) is 18.4. The van der Waals surface area contributed by atoms with Gasteiger partial charge in [0.1, 0.15) is 0 Å². The van der Waals surface area contributed by atoms with E-state index in [-0.39, 0.29) is 5.91 Å². The van der Waals surface area contributed by atoms with Gasteiger partial charge in [0.25, 0.3) is 5.91 Å². The minimum Gasteiger partial charge on any atom is -0.390 e. The maximum Gasteiger partial charge on any atom is 0.253 e. The Bertz CT molecular complexity index is 585. The summed E-state index contributed by atoms with van der Waals surface area (Å²) in [6.07, 6.45) is 5.48. The average molecular weight is 344 g/mol. The van der Waals surface area contributed by atoms with Gasteiger partial charge in [-0.05, 0) is 70.7 Å². The van der Waals surface area contributed by atoms with Gasteiger partial charge in [-0.25, -0.2) is 0 Å². The standard InChI is InChI=1S/C21H32N2O2/c1-16-6-4-5-13-23(16)19-14-22(15-19)20(24)18-9-7-17(8-10-18)11-12-21(2,3)25/h7-10,16,19,25H,4-6,11-15H2,1-3H3/t16-/m0/s1. The number of amides is 1. The second-order valence-electron chi connectivity index (χ2n) is 8.46. The van der Waals surface area contributed by atoms with Crippen molar-refractivity contribution < 1.29 is 9.90 Å². The number of aryl methyl sites for hydroxylation is 1. The highest BCUT2D eigenvalue weighted by molar-refractivity contribution is 5.94. The number of rotatable bonds is 5. The first-order chi connectivity index (χ1) is 11.8. The zero-order valence-corrected chi connectivity index (χ0v) is 15.9. The van der Waals surface area contributed by atoms with Gasteiger partial charge in [-0.3, -0.25) is 9.69 Å². The predicted octanol–water partition coefficient (Wildman–Crippen LogP) is 3.09. The summed E-state index contributed by atoms with van der Waals surface area (Å²) in [5, 5.41) is 9.82. The second-order valence-corrected chi connectivity index (χ2v) is 8.46. The van der Waals surface area contributed by atoms with Gasteiger partial charge in [-0.2, -0.15) is 0 Å². The number of carbonyl (C=O) groups excluding carboxylic acids is 1. The molecule has 0 aromatic heterocycles. The molecule has 1 N–H and O–H groups in total. The van der Waals surface area contributed by atoms with Crippen LogP contribution in [0.1, 0.15) is 62.4 Å². The largest absolute Gasteiger partial charge is 0.390 e. The molecule has 1 aromatic rings. The highest BCUT2D eigenvalue weighted by atomic mass is 16.3. The molecular weight excluding hydrogens is 312 g/mol. The summed E-state index contributed by atoms with van der Waals surface area (Å²) in [6.45, 7) is 8.88. The van der Waals surface area contributed by atoms with Crippen LogP contribution < -0.4 is 0 Å². The highest BCUT2D eigenvalue weighted by Gasteiger charge is 2.37. The average Bonchev–Trinajstić information content (AvgIpc) is 2.53. The first-order valence-corrected chi connectivity index (χ1v) is 9.70. The summed E-state index contributed by atoms with van der Waals surface area (Å²) < 4.78 is 0. The number of carbonyl (C=O) groups is 1. The van der Waals surface area contributed by atoms with Gasteiger partial charge in [0.15, 0.2) is 0 Å². The van der Waals surface area contributed by atoms with Crippen LogP contribution in [0, 0.1) is 0 Å². The van der Waals surface area contributed by atoms with Gasteiger partial charge in [-0.1, -0.05) is 18.6 Å². The molecule has 2 heterocycles. The third-order valence-corrected chi connectivity index (χ3v) is 5.70. The number of benzene rings is 1. The zero-order chi connectivity index (χ0) is 18.0. The number of nitrogens with zero attached hydrogens (tertiary/aromatic N) is 2. The summed E-state index contributed by atoms with van der Waals surface area (Å²) in [4.78, 5) is 17.2. The molecule has 1 aromatic carbocycles. The molecule has 0 aliphatic carbocycles. The molecule has 0 bridgehead atoms. The van der Waals surface area contributed by atoms with Crippen molar-refractivity contribution in [2.24, 2.45) is 0 Å². The lowest BCUT2D eigenvalue weighted by Crippen LogP contribution is -2.63. The summed E-state index contributed by atoms with van der Waals surface area (Å²) in [7, 11) is 0. The van der Waals surface area contributed by atoms with Crippen LogP contribution in [0.25, 0.3) is 0 Å². The van der Waals surface area contributed by atoms with Gasteiger partial charge in [0.2, 0.25) is 0 Å². The fourth-order valence-electron chi connectivity index (χ4n) is 3.94. The van der Waals surface area contributed by atoms with E-state index in [0.29, 0.717) is 12.1 Å². The predicted molar refractivity (Wildman–Crippen MR) is 101 cm³/mol. The normalized spacial score (nSPS) is 22.7. The van der Waals surface area contributed by atoms with Gasteiger partial charge in [0, 0.05) is 30.7 Å². The summed E-state index contributed by atoms with van der Waals surface area (Å²) >= 11 is 0. The van der Waals surface area contributed by atoms with Crippen LogP contribution in [0.2, 0.25) is 0 Å². The molecule has 0 saturated carbocycles. The van der Waals surface area contributed by atoms with Crippen molar-refractivity contribution in [2.75, 3.05) is 19.6 Å². The van der Waals surface area contributed by atoms with E-state index in [4.69, 9.17) is 0 Å². The van der Waals surface area contributed by atoms with Crippen LogP contribution in [0.15, 0.2) is 24.3 Å². The van der Waals surface area contributed by atoms with E-state index in [1.165, 1.54) is 31.4 Å². The quantitative estimate of drug-likeness (QED) is 0.893. The van der Waals surface area contributed by atoms with Gasteiger partial charge < -0.3 is 10.0 Å². The van der Waals surface area contributed by atoms with Crippen molar-refractivity contribution in [1.29, 1.82) is 0 Å². The lowest BCUT2D eigenvalue weighted by molar-refractivity contribution is 0.00212. The molecule has 1 atom stereocenters. The minimum atomic E-state index is -0.646. The maximum absolute atomic E-state index is 12.6. The Morgan fingerprint density at radius 1 is 1.20 bits per heavy atom. The first-order valence-electron chi connectivity index (χ1n) is 9.70. The molecule has 2 saturated heterocycles. The van der Waals surface area contributed by atoms with E-state index in [1.807, 2.05) is 43.0 Å². The lowest BCUT2D eigenvalue weighted by Gasteiger charge is -2.49. The molecule has 0 unspecified atom stereocenters.